The molecule has 7 nitrogen and oxygen atoms in total. The predicted molar refractivity (Wildman–Crippen MR) is 127 cm³/mol. The van der Waals surface area contributed by atoms with E-state index in [2.05, 4.69) is 28.8 Å². The first-order chi connectivity index (χ1) is 16.4. The van der Waals surface area contributed by atoms with Gasteiger partial charge >= 0.3 is 0 Å². The van der Waals surface area contributed by atoms with Crippen LogP contribution in [-0.2, 0) is 5.41 Å². The number of nitrogen functional groups attached to an aromatic ring is 1. The molecule has 0 amide bonds. The maximum atomic E-state index is 15.0. The van der Waals surface area contributed by atoms with Crippen molar-refractivity contribution in [1.82, 2.24) is 24.9 Å². The molecule has 0 bridgehead atoms. The van der Waals surface area contributed by atoms with Gasteiger partial charge in [-0.3, -0.25) is 0 Å². The Kier molecular flexibility index (Phi) is 4.38. The van der Waals surface area contributed by atoms with Gasteiger partial charge in [-0.25, -0.2) is 24.3 Å². The highest BCUT2D eigenvalue weighted by Gasteiger charge is 2.43. The van der Waals surface area contributed by atoms with Crippen molar-refractivity contribution in [3.63, 3.8) is 0 Å². The number of halogens is 1. The van der Waals surface area contributed by atoms with Gasteiger partial charge < -0.3 is 15.5 Å². The van der Waals surface area contributed by atoms with E-state index < -0.39 is 11.2 Å². The van der Waals surface area contributed by atoms with Crippen LogP contribution in [0.4, 0.5) is 10.1 Å². The highest BCUT2D eigenvalue weighted by molar-refractivity contribution is 5.67. The van der Waals surface area contributed by atoms with Gasteiger partial charge in [0.2, 0.25) is 5.88 Å². The SMILES string of the molecule is CC(C)(c1nc2nccnc2[nH]1)C1c2ccc(-c3ccc(N)cc3)nc2Oc2c(F)cccc21. The topological polar surface area (TPSA) is 103 Å². The van der Waals surface area contributed by atoms with Crippen molar-refractivity contribution >= 4 is 17.0 Å². The molecule has 3 aromatic heterocycles. The molecule has 0 radical (unpaired) electrons. The summed E-state index contributed by atoms with van der Waals surface area (Å²) >= 11 is 0. The summed E-state index contributed by atoms with van der Waals surface area (Å²) < 4.78 is 21.0. The van der Waals surface area contributed by atoms with Crippen LogP contribution >= 0.6 is 0 Å². The van der Waals surface area contributed by atoms with E-state index in [0.717, 1.165) is 16.7 Å². The van der Waals surface area contributed by atoms with Crippen molar-refractivity contribution in [3.05, 3.63) is 89.8 Å². The molecule has 0 spiro atoms. The molecule has 6 rings (SSSR count). The number of hydrogen-bond donors (Lipinski definition) is 2. The number of para-hydroxylation sites is 1. The molecule has 0 aliphatic carbocycles. The molecule has 1 aliphatic rings. The van der Waals surface area contributed by atoms with Gasteiger partial charge in [0.25, 0.3) is 0 Å². The number of H-pyrrole nitrogens is 1. The van der Waals surface area contributed by atoms with Crippen molar-refractivity contribution in [3.8, 4) is 22.9 Å². The number of nitrogens with one attached hydrogen (secondary N) is 1. The summed E-state index contributed by atoms with van der Waals surface area (Å²) in [5.41, 5.74) is 10.3. The van der Waals surface area contributed by atoms with Crippen LogP contribution in [0.25, 0.3) is 22.6 Å². The van der Waals surface area contributed by atoms with Gasteiger partial charge in [-0.15, -0.1) is 0 Å². The van der Waals surface area contributed by atoms with Crippen molar-refractivity contribution in [2.75, 3.05) is 5.73 Å². The predicted octanol–water partition coefficient (Wildman–Crippen LogP) is 5.35. The van der Waals surface area contributed by atoms with Crippen LogP contribution in [0.1, 0.15) is 36.7 Å². The molecule has 2 aromatic carbocycles. The zero-order chi connectivity index (χ0) is 23.4. The largest absolute Gasteiger partial charge is 0.435 e. The number of rotatable bonds is 3. The number of aromatic amines is 1. The molecule has 168 valence electrons. The lowest BCUT2D eigenvalue weighted by atomic mass is 9.69. The molecule has 0 saturated heterocycles. The van der Waals surface area contributed by atoms with Gasteiger partial charge in [-0.05, 0) is 24.3 Å². The second-order valence-corrected chi connectivity index (χ2v) is 8.94. The average Bonchev–Trinajstić information content (AvgIpc) is 3.29. The number of anilines is 1. The number of hydrogen-bond acceptors (Lipinski definition) is 6. The van der Waals surface area contributed by atoms with Crippen molar-refractivity contribution in [2.45, 2.75) is 25.2 Å². The van der Waals surface area contributed by atoms with Crippen LogP contribution in [-0.4, -0.2) is 24.9 Å². The van der Waals surface area contributed by atoms with Crippen LogP contribution < -0.4 is 10.5 Å². The molecule has 8 heteroatoms. The summed E-state index contributed by atoms with van der Waals surface area (Å²) in [6, 6.07) is 16.4. The van der Waals surface area contributed by atoms with E-state index in [9.17, 15) is 4.39 Å². The van der Waals surface area contributed by atoms with Gasteiger partial charge in [-0.2, -0.15) is 0 Å². The quantitative estimate of drug-likeness (QED) is 0.358. The highest BCUT2D eigenvalue weighted by Crippen LogP contribution is 2.52. The lowest BCUT2D eigenvalue weighted by Crippen LogP contribution is -2.32. The van der Waals surface area contributed by atoms with Crippen molar-refractivity contribution in [2.24, 2.45) is 0 Å². The molecule has 0 saturated carbocycles. The zero-order valence-corrected chi connectivity index (χ0v) is 18.6. The Hall–Kier alpha value is -4.33. The normalized spacial score (nSPS) is 15.0. The molecule has 1 unspecified atom stereocenters. The number of nitrogens with zero attached hydrogens (tertiary/aromatic N) is 4. The second-order valence-electron chi connectivity index (χ2n) is 8.94. The van der Waals surface area contributed by atoms with Crippen LogP contribution in [0.15, 0.2) is 67.0 Å². The third kappa shape index (κ3) is 3.10. The first-order valence-electron chi connectivity index (χ1n) is 10.9. The Bertz CT molecular complexity index is 1510. The third-order valence-corrected chi connectivity index (χ3v) is 6.38. The molecule has 3 N–H and O–H groups in total. The smallest absolute Gasteiger partial charge is 0.223 e. The van der Waals surface area contributed by atoms with Crippen molar-refractivity contribution < 1.29 is 9.13 Å². The van der Waals surface area contributed by atoms with Crippen LogP contribution in [0, 0.1) is 5.82 Å². The molecule has 4 heterocycles. The van der Waals surface area contributed by atoms with E-state index in [-0.39, 0.29) is 11.7 Å². The van der Waals surface area contributed by atoms with E-state index in [0.29, 0.717) is 34.4 Å². The minimum atomic E-state index is -0.589. The van der Waals surface area contributed by atoms with Gasteiger partial charge in [0.15, 0.2) is 22.9 Å². The lowest BCUT2D eigenvalue weighted by Gasteiger charge is -2.37. The lowest BCUT2D eigenvalue weighted by molar-refractivity contribution is 0.353. The number of nitrogens with two attached hydrogens (primary N) is 1. The summed E-state index contributed by atoms with van der Waals surface area (Å²) in [7, 11) is 0. The Morgan fingerprint density at radius 1 is 0.941 bits per heavy atom. The number of aromatic nitrogens is 5. The maximum absolute atomic E-state index is 15.0. The van der Waals surface area contributed by atoms with Crippen LogP contribution in [0.3, 0.4) is 0 Å². The standard InChI is InChI=1S/C26H21FN6O/c1-26(2,25-32-22-23(33-25)30-13-12-29-22)20-16-4-3-5-18(27)21(16)34-24-17(20)10-11-19(31-24)14-6-8-15(28)9-7-14/h3-13,20H,28H2,1-2H3,(H,29,30,32,33). The zero-order valence-electron chi connectivity index (χ0n) is 18.6. The molecule has 0 fully saturated rings. The summed E-state index contributed by atoms with van der Waals surface area (Å²) in [6.07, 6.45) is 3.23. The number of ether oxygens (including phenoxy) is 1. The molecular formula is C26H21FN6O. The van der Waals surface area contributed by atoms with E-state index in [1.807, 2.05) is 42.5 Å². The minimum absolute atomic E-state index is 0.183. The maximum Gasteiger partial charge on any atom is 0.223 e. The summed E-state index contributed by atoms with van der Waals surface area (Å²) in [5.74, 6) is 0.538. The fourth-order valence-electron chi connectivity index (χ4n) is 4.66. The van der Waals surface area contributed by atoms with Gasteiger partial charge in [0.05, 0.1) is 5.69 Å². The highest BCUT2D eigenvalue weighted by atomic mass is 19.1. The van der Waals surface area contributed by atoms with E-state index in [4.69, 9.17) is 20.4 Å². The van der Waals surface area contributed by atoms with E-state index in [1.165, 1.54) is 6.07 Å². The van der Waals surface area contributed by atoms with E-state index >= 15 is 0 Å². The van der Waals surface area contributed by atoms with Gasteiger partial charge in [0.1, 0.15) is 5.82 Å². The Morgan fingerprint density at radius 3 is 2.53 bits per heavy atom. The number of benzene rings is 2. The number of imidazole rings is 1. The molecule has 1 atom stereocenters. The van der Waals surface area contributed by atoms with Crippen LogP contribution in [0.2, 0.25) is 0 Å². The molecule has 34 heavy (non-hydrogen) atoms. The van der Waals surface area contributed by atoms with E-state index in [1.54, 1.807) is 18.5 Å². The first-order valence-corrected chi connectivity index (χ1v) is 10.9. The number of fused-ring (bicyclic) bond motifs is 3. The van der Waals surface area contributed by atoms with Gasteiger partial charge in [0, 0.05) is 46.1 Å². The minimum Gasteiger partial charge on any atom is -0.435 e. The first kappa shape index (κ1) is 20.3. The molecule has 5 aromatic rings. The third-order valence-electron chi connectivity index (χ3n) is 6.38. The van der Waals surface area contributed by atoms with Crippen LogP contribution in [0.5, 0.6) is 11.6 Å². The monoisotopic (exact) mass is 452 g/mol. The summed E-state index contributed by atoms with van der Waals surface area (Å²) in [4.78, 5) is 21.4. The Balaban J connectivity index is 1.53. The average molecular weight is 452 g/mol. The van der Waals surface area contributed by atoms with Crippen molar-refractivity contribution in [1.29, 1.82) is 0 Å². The summed E-state index contributed by atoms with van der Waals surface area (Å²) in [5, 5.41) is 0. The summed E-state index contributed by atoms with van der Waals surface area (Å²) in [6.45, 7) is 4.13. The Labute approximate surface area is 194 Å². The fraction of sp³-hybridized carbons (Fsp3) is 0.154. The Morgan fingerprint density at radius 2 is 1.74 bits per heavy atom. The molecular weight excluding hydrogens is 431 g/mol. The second kappa shape index (κ2) is 7.34. The molecule has 1 aliphatic heterocycles. The van der Waals surface area contributed by atoms with Gasteiger partial charge in [-0.1, -0.05) is 44.2 Å². The number of pyridine rings is 1. The fourth-order valence-corrected chi connectivity index (χ4v) is 4.66.